The van der Waals surface area contributed by atoms with Crippen molar-refractivity contribution in [3.8, 4) is 5.75 Å². The maximum atomic E-state index is 12.5. The van der Waals surface area contributed by atoms with Crippen LogP contribution in [0.15, 0.2) is 24.3 Å². The number of aromatic amines is 1. The van der Waals surface area contributed by atoms with Gasteiger partial charge in [-0.25, -0.2) is 0 Å². The largest absolute Gasteiger partial charge is 0.497 e. The van der Waals surface area contributed by atoms with Crippen LogP contribution < -0.4 is 4.74 Å². The molecule has 1 aliphatic heterocycles. The van der Waals surface area contributed by atoms with Crippen LogP contribution in [-0.4, -0.2) is 60.4 Å². The van der Waals surface area contributed by atoms with Crippen molar-refractivity contribution in [3.63, 3.8) is 0 Å². The Balaban J connectivity index is 1.80. The Labute approximate surface area is 122 Å². The number of hydrogen-bond acceptors (Lipinski definition) is 3. The summed E-state index contributed by atoms with van der Waals surface area (Å²) in [6, 6.07) is 7.51. The van der Waals surface area contributed by atoms with E-state index in [0.29, 0.717) is 31.9 Å². The fourth-order valence-electron chi connectivity index (χ4n) is 2.55. The number of aromatic nitrogens is 1. The number of hydrogen-bond donors (Lipinski definition) is 1. The molecule has 1 N–H and O–H groups in total. The van der Waals surface area contributed by atoms with Gasteiger partial charge < -0.3 is 19.5 Å². The molecule has 110 valence electrons. The molecule has 3 rings (SSSR count). The van der Waals surface area contributed by atoms with E-state index in [-0.39, 0.29) is 5.91 Å². The van der Waals surface area contributed by atoms with Gasteiger partial charge in [0, 0.05) is 43.1 Å². The quantitative estimate of drug-likeness (QED) is 0.859. The summed E-state index contributed by atoms with van der Waals surface area (Å²) in [5.74, 6) is 0.721. The molecule has 1 aliphatic rings. The van der Waals surface area contributed by atoms with E-state index in [4.69, 9.17) is 4.74 Å². The molecular formula is C15H17N3O3. The monoisotopic (exact) mass is 287 g/mol. The molecule has 2 heterocycles. The predicted molar refractivity (Wildman–Crippen MR) is 78.4 cm³/mol. The smallest absolute Gasteiger partial charge is 0.270 e. The maximum absolute atomic E-state index is 12.5. The number of nitrogens with one attached hydrogen (secondary N) is 1. The van der Waals surface area contributed by atoms with Crippen LogP contribution in [0.3, 0.4) is 0 Å². The normalized spacial score (nSPS) is 15.3. The molecule has 6 nitrogen and oxygen atoms in total. The zero-order valence-corrected chi connectivity index (χ0v) is 11.8. The minimum atomic E-state index is -0.0317. The van der Waals surface area contributed by atoms with Crippen LogP contribution in [0.4, 0.5) is 0 Å². The molecule has 2 amide bonds. The first-order chi connectivity index (χ1) is 10.2. The molecule has 1 fully saturated rings. The lowest BCUT2D eigenvalue weighted by Crippen LogP contribution is -2.48. The third-order valence-corrected chi connectivity index (χ3v) is 3.81. The fraction of sp³-hybridized carbons (Fsp3) is 0.333. The summed E-state index contributed by atoms with van der Waals surface area (Å²) < 4.78 is 5.18. The number of H-pyrrole nitrogens is 1. The average Bonchev–Trinajstić information content (AvgIpc) is 2.97. The third-order valence-electron chi connectivity index (χ3n) is 3.81. The lowest BCUT2D eigenvalue weighted by atomic mass is 10.2. The van der Waals surface area contributed by atoms with E-state index in [2.05, 4.69) is 4.98 Å². The van der Waals surface area contributed by atoms with E-state index < -0.39 is 0 Å². The van der Waals surface area contributed by atoms with Crippen molar-refractivity contribution < 1.29 is 14.3 Å². The SMILES string of the molecule is COc1ccc2cc(C(=O)N3CCN(C=O)CC3)[nH]c2c1. The number of fused-ring (bicyclic) bond motifs is 1. The molecule has 1 aromatic carbocycles. The number of methoxy groups -OCH3 is 1. The van der Waals surface area contributed by atoms with E-state index in [0.717, 1.165) is 23.1 Å². The minimum absolute atomic E-state index is 0.0317. The number of rotatable bonds is 3. The van der Waals surface area contributed by atoms with E-state index in [1.165, 1.54) is 0 Å². The van der Waals surface area contributed by atoms with Crippen molar-refractivity contribution >= 4 is 23.2 Å². The van der Waals surface area contributed by atoms with Crippen molar-refractivity contribution in [1.29, 1.82) is 0 Å². The number of nitrogens with zero attached hydrogens (tertiary/aromatic N) is 2. The van der Waals surface area contributed by atoms with E-state index >= 15 is 0 Å². The number of piperazine rings is 1. The van der Waals surface area contributed by atoms with E-state index in [1.807, 2.05) is 24.3 Å². The lowest BCUT2D eigenvalue weighted by Gasteiger charge is -2.32. The Bertz CT molecular complexity index is 672. The van der Waals surface area contributed by atoms with Crippen molar-refractivity contribution in [2.24, 2.45) is 0 Å². The molecule has 0 unspecified atom stereocenters. The van der Waals surface area contributed by atoms with Crippen LogP contribution in [0.1, 0.15) is 10.5 Å². The summed E-state index contributed by atoms with van der Waals surface area (Å²) in [5.41, 5.74) is 1.45. The summed E-state index contributed by atoms with van der Waals surface area (Å²) in [6.07, 6.45) is 0.830. The predicted octanol–water partition coefficient (Wildman–Crippen LogP) is 1.09. The summed E-state index contributed by atoms with van der Waals surface area (Å²) in [7, 11) is 1.61. The van der Waals surface area contributed by atoms with E-state index in [9.17, 15) is 9.59 Å². The first-order valence-corrected chi connectivity index (χ1v) is 6.86. The molecule has 2 aromatic rings. The second-order valence-electron chi connectivity index (χ2n) is 5.07. The second kappa shape index (κ2) is 5.47. The molecule has 0 radical (unpaired) electrons. The minimum Gasteiger partial charge on any atom is -0.497 e. The molecule has 1 aromatic heterocycles. The first-order valence-electron chi connectivity index (χ1n) is 6.86. The van der Waals surface area contributed by atoms with Crippen molar-refractivity contribution in [2.45, 2.75) is 0 Å². The molecule has 0 spiro atoms. The maximum Gasteiger partial charge on any atom is 0.270 e. The Morgan fingerprint density at radius 2 is 2.00 bits per heavy atom. The van der Waals surface area contributed by atoms with Gasteiger partial charge in [0.15, 0.2) is 0 Å². The van der Waals surface area contributed by atoms with Gasteiger partial charge in [0.1, 0.15) is 11.4 Å². The number of carbonyl (C=O) groups is 2. The van der Waals surface area contributed by atoms with Crippen LogP contribution in [0.2, 0.25) is 0 Å². The zero-order chi connectivity index (χ0) is 14.8. The number of ether oxygens (including phenoxy) is 1. The van der Waals surface area contributed by atoms with Gasteiger partial charge in [-0.15, -0.1) is 0 Å². The van der Waals surface area contributed by atoms with Crippen molar-refractivity contribution in [2.75, 3.05) is 33.3 Å². The van der Waals surface area contributed by atoms with Gasteiger partial charge in [-0.1, -0.05) is 0 Å². The molecule has 6 heteroatoms. The highest BCUT2D eigenvalue weighted by atomic mass is 16.5. The Morgan fingerprint density at radius 3 is 2.67 bits per heavy atom. The molecule has 0 atom stereocenters. The second-order valence-corrected chi connectivity index (χ2v) is 5.07. The van der Waals surface area contributed by atoms with Gasteiger partial charge in [-0.05, 0) is 18.2 Å². The number of benzene rings is 1. The zero-order valence-electron chi connectivity index (χ0n) is 11.8. The highest BCUT2D eigenvalue weighted by molar-refractivity contribution is 5.98. The van der Waals surface area contributed by atoms with Crippen LogP contribution >= 0.6 is 0 Å². The molecular weight excluding hydrogens is 270 g/mol. The molecule has 0 saturated carbocycles. The van der Waals surface area contributed by atoms with Gasteiger partial charge in [-0.2, -0.15) is 0 Å². The van der Waals surface area contributed by atoms with Gasteiger partial charge in [0.25, 0.3) is 5.91 Å². The average molecular weight is 287 g/mol. The van der Waals surface area contributed by atoms with Crippen LogP contribution in [0.5, 0.6) is 5.75 Å². The Kier molecular flexibility index (Phi) is 3.51. The van der Waals surface area contributed by atoms with E-state index in [1.54, 1.807) is 16.9 Å². The van der Waals surface area contributed by atoms with Crippen molar-refractivity contribution in [3.05, 3.63) is 30.0 Å². The number of carbonyl (C=O) groups excluding carboxylic acids is 2. The molecule has 1 saturated heterocycles. The standard InChI is InChI=1S/C15H17N3O3/c1-21-12-3-2-11-8-14(16-13(11)9-12)15(20)18-6-4-17(10-19)5-7-18/h2-3,8-10,16H,4-7H2,1H3. The van der Waals surface area contributed by atoms with Gasteiger partial charge in [-0.3, -0.25) is 9.59 Å². The van der Waals surface area contributed by atoms with Crippen LogP contribution in [-0.2, 0) is 4.79 Å². The van der Waals surface area contributed by atoms with Gasteiger partial charge in [0.2, 0.25) is 6.41 Å². The Hall–Kier alpha value is -2.50. The summed E-state index contributed by atoms with van der Waals surface area (Å²) >= 11 is 0. The summed E-state index contributed by atoms with van der Waals surface area (Å²) in [4.78, 5) is 29.7. The third kappa shape index (κ3) is 2.56. The fourth-order valence-corrected chi connectivity index (χ4v) is 2.55. The lowest BCUT2D eigenvalue weighted by molar-refractivity contribution is -0.119. The Morgan fingerprint density at radius 1 is 1.24 bits per heavy atom. The molecule has 21 heavy (non-hydrogen) atoms. The molecule has 0 bridgehead atoms. The summed E-state index contributed by atoms with van der Waals surface area (Å²) in [6.45, 7) is 2.30. The van der Waals surface area contributed by atoms with Gasteiger partial charge in [0.05, 0.1) is 7.11 Å². The van der Waals surface area contributed by atoms with Crippen LogP contribution in [0.25, 0.3) is 10.9 Å². The van der Waals surface area contributed by atoms with Crippen LogP contribution in [0, 0.1) is 0 Å². The van der Waals surface area contributed by atoms with Gasteiger partial charge >= 0.3 is 0 Å². The topological polar surface area (TPSA) is 65.6 Å². The van der Waals surface area contributed by atoms with Crippen molar-refractivity contribution in [1.82, 2.24) is 14.8 Å². The number of amides is 2. The first kappa shape index (κ1) is 13.5. The summed E-state index contributed by atoms with van der Waals surface area (Å²) in [5, 5.41) is 0.977. The highest BCUT2D eigenvalue weighted by Gasteiger charge is 2.22. The molecule has 0 aliphatic carbocycles. The highest BCUT2D eigenvalue weighted by Crippen LogP contribution is 2.22.